The largest absolute Gasteiger partial charge is 0.338 e. The van der Waals surface area contributed by atoms with Crippen LogP contribution < -0.4 is 15.8 Å². The summed E-state index contributed by atoms with van der Waals surface area (Å²) >= 11 is 5.88. The minimum Gasteiger partial charge on any atom is -0.317 e. The van der Waals surface area contributed by atoms with Crippen molar-refractivity contribution >= 4 is 23.3 Å². The molecule has 1 spiro atoms. The van der Waals surface area contributed by atoms with Crippen LogP contribution in [0.2, 0.25) is 5.02 Å². The van der Waals surface area contributed by atoms with Gasteiger partial charge >= 0.3 is 6.03 Å². The van der Waals surface area contributed by atoms with Gasteiger partial charge in [0.15, 0.2) is 0 Å². The Morgan fingerprint density at radius 2 is 2.11 bits per heavy atom. The molecular formula is C14H18ClN3O. The smallest absolute Gasteiger partial charge is 0.317 e. The molecule has 1 aromatic carbocycles. The topological polar surface area (TPSA) is 44.4 Å². The molecule has 19 heavy (non-hydrogen) atoms. The molecule has 1 aliphatic heterocycles. The minimum absolute atomic E-state index is 0.0866. The van der Waals surface area contributed by atoms with Crippen molar-refractivity contribution in [3.8, 4) is 0 Å². The molecule has 2 N–H and O–H groups in total. The number of hydrogen-bond acceptors (Lipinski definition) is 2. The number of hydrazine groups is 1. The van der Waals surface area contributed by atoms with Crippen molar-refractivity contribution in [1.82, 2.24) is 10.7 Å². The summed E-state index contributed by atoms with van der Waals surface area (Å²) in [7, 11) is 0. The van der Waals surface area contributed by atoms with Gasteiger partial charge in [-0.15, -0.1) is 0 Å². The summed E-state index contributed by atoms with van der Waals surface area (Å²) in [6.07, 6.45) is 4.33. The van der Waals surface area contributed by atoms with E-state index in [9.17, 15) is 4.79 Å². The van der Waals surface area contributed by atoms with E-state index in [1.807, 2.05) is 12.1 Å². The summed E-state index contributed by atoms with van der Waals surface area (Å²) in [5.74, 6) is 0.631. The SMILES string of the molecule is CC1CCCC2(C1)NC(=O)N(c1ccc(Cl)cc1)N2. The van der Waals surface area contributed by atoms with E-state index in [1.54, 1.807) is 17.1 Å². The molecule has 5 heteroatoms. The molecule has 0 aromatic heterocycles. The van der Waals surface area contributed by atoms with E-state index in [4.69, 9.17) is 11.6 Å². The molecule has 0 radical (unpaired) electrons. The predicted molar refractivity (Wildman–Crippen MR) is 76.0 cm³/mol. The molecule has 2 amide bonds. The van der Waals surface area contributed by atoms with Crippen molar-refractivity contribution in [3.05, 3.63) is 29.3 Å². The van der Waals surface area contributed by atoms with Crippen molar-refractivity contribution in [2.24, 2.45) is 5.92 Å². The Morgan fingerprint density at radius 3 is 2.79 bits per heavy atom. The zero-order valence-electron chi connectivity index (χ0n) is 10.9. The molecule has 2 fully saturated rings. The highest BCUT2D eigenvalue weighted by Gasteiger charge is 2.44. The van der Waals surface area contributed by atoms with E-state index in [0.29, 0.717) is 10.9 Å². The Labute approximate surface area is 118 Å². The molecule has 1 heterocycles. The van der Waals surface area contributed by atoms with E-state index in [0.717, 1.165) is 24.9 Å². The Balaban J connectivity index is 1.81. The fourth-order valence-corrected chi connectivity index (χ4v) is 3.22. The van der Waals surface area contributed by atoms with Gasteiger partial charge in [0, 0.05) is 5.02 Å². The van der Waals surface area contributed by atoms with E-state index in [1.165, 1.54) is 6.42 Å². The van der Waals surface area contributed by atoms with Crippen molar-refractivity contribution in [2.75, 3.05) is 5.01 Å². The molecule has 0 bridgehead atoms. The van der Waals surface area contributed by atoms with Crippen LogP contribution in [0.4, 0.5) is 10.5 Å². The molecular weight excluding hydrogens is 262 g/mol. The maximum Gasteiger partial charge on any atom is 0.338 e. The van der Waals surface area contributed by atoms with Gasteiger partial charge in [0.2, 0.25) is 0 Å². The first-order valence-corrected chi connectivity index (χ1v) is 7.11. The third-order valence-corrected chi connectivity index (χ3v) is 4.21. The predicted octanol–water partition coefficient (Wildman–Crippen LogP) is 3.28. The lowest BCUT2D eigenvalue weighted by Crippen LogP contribution is -2.53. The summed E-state index contributed by atoms with van der Waals surface area (Å²) in [4.78, 5) is 12.2. The number of carbonyl (C=O) groups is 1. The average molecular weight is 280 g/mol. The van der Waals surface area contributed by atoms with Crippen LogP contribution in [-0.4, -0.2) is 11.7 Å². The van der Waals surface area contributed by atoms with Crippen LogP contribution in [0.5, 0.6) is 0 Å². The molecule has 2 unspecified atom stereocenters. The van der Waals surface area contributed by atoms with Gasteiger partial charge in [0.25, 0.3) is 0 Å². The van der Waals surface area contributed by atoms with Crippen molar-refractivity contribution in [2.45, 2.75) is 38.3 Å². The highest BCUT2D eigenvalue weighted by molar-refractivity contribution is 6.30. The number of halogens is 1. The lowest BCUT2D eigenvalue weighted by atomic mass is 9.83. The van der Waals surface area contributed by atoms with Gasteiger partial charge in [-0.05, 0) is 49.4 Å². The van der Waals surface area contributed by atoms with Crippen molar-refractivity contribution in [3.63, 3.8) is 0 Å². The van der Waals surface area contributed by atoms with Gasteiger partial charge < -0.3 is 5.32 Å². The summed E-state index contributed by atoms with van der Waals surface area (Å²) in [6.45, 7) is 2.24. The van der Waals surface area contributed by atoms with Crippen LogP contribution in [0.25, 0.3) is 0 Å². The fourth-order valence-electron chi connectivity index (χ4n) is 3.09. The van der Waals surface area contributed by atoms with Crippen LogP contribution in [0, 0.1) is 5.92 Å². The lowest BCUT2D eigenvalue weighted by molar-refractivity contribution is 0.185. The molecule has 2 atom stereocenters. The molecule has 1 saturated carbocycles. The maximum atomic E-state index is 12.2. The molecule has 1 aromatic rings. The highest BCUT2D eigenvalue weighted by Crippen LogP contribution is 2.34. The van der Waals surface area contributed by atoms with Crippen molar-refractivity contribution in [1.29, 1.82) is 0 Å². The molecule has 2 aliphatic rings. The Hall–Kier alpha value is -1.26. The zero-order chi connectivity index (χ0) is 13.5. The summed E-state index contributed by atoms with van der Waals surface area (Å²) < 4.78 is 0. The lowest BCUT2D eigenvalue weighted by Gasteiger charge is -2.36. The van der Waals surface area contributed by atoms with E-state index in [2.05, 4.69) is 17.7 Å². The number of nitrogens with one attached hydrogen (secondary N) is 2. The van der Waals surface area contributed by atoms with Crippen LogP contribution in [0.3, 0.4) is 0 Å². The first kappa shape index (κ1) is 12.8. The van der Waals surface area contributed by atoms with Crippen LogP contribution >= 0.6 is 11.6 Å². The van der Waals surface area contributed by atoms with E-state index < -0.39 is 0 Å². The van der Waals surface area contributed by atoms with Crippen LogP contribution in [-0.2, 0) is 0 Å². The Bertz CT molecular complexity index is 490. The second-order valence-electron chi connectivity index (χ2n) is 5.64. The van der Waals surface area contributed by atoms with Gasteiger partial charge in [-0.3, -0.25) is 0 Å². The zero-order valence-corrected chi connectivity index (χ0v) is 11.7. The molecule has 102 valence electrons. The normalized spacial score (nSPS) is 30.7. The van der Waals surface area contributed by atoms with Gasteiger partial charge in [-0.2, -0.15) is 0 Å². The molecule has 1 aliphatic carbocycles. The van der Waals surface area contributed by atoms with E-state index in [-0.39, 0.29) is 11.7 Å². The second kappa shape index (κ2) is 4.69. The maximum absolute atomic E-state index is 12.2. The van der Waals surface area contributed by atoms with Gasteiger partial charge in [0.05, 0.1) is 5.69 Å². The van der Waals surface area contributed by atoms with Crippen molar-refractivity contribution < 1.29 is 4.79 Å². The summed E-state index contributed by atoms with van der Waals surface area (Å²) in [5.41, 5.74) is 3.90. The number of hydrogen-bond donors (Lipinski definition) is 2. The standard InChI is InChI=1S/C14H18ClN3O/c1-10-3-2-8-14(9-10)16-13(19)18(17-14)12-6-4-11(15)5-7-12/h4-7,10,17H,2-3,8-9H2,1H3,(H,16,19). The van der Waals surface area contributed by atoms with E-state index >= 15 is 0 Å². The number of nitrogens with zero attached hydrogens (tertiary/aromatic N) is 1. The van der Waals surface area contributed by atoms with Crippen LogP contribution in [0.15, 0.2) is 24.3 Å². The van der Waals surface area contributed by atoms with Gasteiger partial charge in [-0.1, -0.05) is 24.9 Å². The number of amides is 2. The summed E-state index contributed by atoms with van der Waals surface area (Å²) in [5, 5.41) is 5.37. The highest BCUT2D eigenvalue weighted by atomic mass is 35.5. The Morgan fingerprint density at radius 1 is 1.37 bits per heavy atom. The number of benzene rings is 1. The van der Waals surface area contributed by atoms with Gasteiger partial charge in [0.1, 0.15) is 5.66 Å². The molecule has 1 saturated heterocycles. The average Bonchev–Trinajstić information content (AvgIpc) is 2.66. The number of carbonyl (C=O) groups excluding carboxylic acids is 1. The third kappa shape index (κ3) is 2.42. The first-order valence-electron chi connectivity index (χ1n) is 6.74. The fraction of sp³-hybridized carbons (Fsp3) is 0.500. The summed E-state index contributed by atoms with van der Waals surface area (Å²) in [6, 6.07) is 7.19. The monoisotopic (exact) mass is 279 g/mol. The van der Waals surface area contributed by atoms with Gasteiger partial charge in [-0.25, -0.2) is 15.2 Å². The van der Waals surface area contributed by atoms with Crippen LogP contribution in [0.1, 0.15) is 32.6 Å². The number of anilines is 1. The number of urea groups is 1. The minimum atomic E-state index is -0.269. The quantitative estimate of drug-likeness (QED) is 0.829. The second-order valence-corrected chi connectivity index (χ2v) is 6.07. The third-order valence-electron chi connectivity index (χ3n) is 3.96. The number of rotatable bonds is 1. The Kier molecular flexibility index (Phi) is 3.15. The molecule has 3 rings (SSSR count). The first-order chi connectivity index (χ1) is 9.08. The molecule has 4 nitrogen and oxygen atoms in total.